The summed E-state index contributed by atoms with van der Waals surface area (Å²) in [6.45, 7) is 0.241. The predicted molar refractivity (Wildman–Crippen MR) is 56.0 cm³/mol. The fourth-order valence-corrected chi connectivity index (χ4v) is 1.24. The van der Waals surface area contributed by atoms with E-state index in [9.17, 15) is 4.39 Å². The van der Waals surface area contributed by atoms with Crippen molar-refractivity contribution in [2.24, 2.45) is 0 Å². The maximum atomic E-state index is 13.2. The fourth-order valence-electron chi connectivity index (χ4n) is 1.24. The maximum Gasteiger partial charge on any atom is 0.129 e. The lowest BCUT2D eigenvalue weighted by molar-refractivity contribution is 0.300. The van der Waals surface area contributed by atoms with Gasteiger partial charge in [0.25, 0.3) is 0 Å². The van der Waals surface area contributed by atoms with Crippen LogP contribution >= 0.6 is 0 Å². The number of hydrogen-bond acceptors (Lipinski definition) is 1. The van der Waals surface area contributed by atoms with Gasteiger partial charge in [0.2, 0.25) is 0 Å². The van der Waals surface area contributed by atoms with Crippen LogP contribution in [0.1, 0.15) is 5.56 Å². The van der Waals surface area contributed by atoms with Crippen LogP contribution in [-0.4, -0.2) is 0 Å². The topological polar surface area (TPSA) is 9.23 Å². The molecule has 2 rings (SSSR count). The van der Waals surface area contributed by atoms with E-state index in [2.05, 4.69) is 6.07 Å². The van der Waals surface area contributed by atoms with Gasteiger partial charge in [-0.05, 0) is 24.3 Å². The van der Waals surface area contributed by atoms with Crippen LogP contribution in [0.15, 0.2) is 48.5 Å². The summed E-state index contributed by atoms with van der Waals surface area (Å²) >= 11 is 0. The number of ether oxygens (including phenoxy) is 1. The van der Waals surface area contributed by atoms with Gasteiger partial charge in [0.1, 0.15) is 18.2 Å². The summed E-state index contributed by atoms with van der Waals surface area (Å²) in [5, 5.41) is 0. The number of halogens is 1. The van der Waals surface area contributed by atoms with Gasteiger partial charge in [-0.1, -0.05) is 30.3 Å². The van der Waals surface area contributed by atoms with Gasteiger partial charge in [-0.2, -0.15) is 0 Å². The molecule has 1 radical (unpaired) electrons. The van der Waals surface area contributed by atoms with Gasteiger partial charge in [-0.15, -0.1) is 0 Å². The lowest BCUT2D eigenvalue weighted by Gasteiger charge is -2.06. The lowest BCUT2D eigenvalue weighted by atomic mass is 10.2. The highest BCUT2D eigenvalue weighted by molar-refractivity contribution is 5.22. The number of benzene rings is 2. The van der Waals surface area contributed by atoms with E-state index in [0.29, 0.717) is 11.3 Å². The van der Waals surface area contributed by atoms with Gasteiger partial charge in [0.15, 0.2) is 0 Å². The molecule has 0 amide bonds. The Labute approximate surface area is 88.1 Å². The second-order valence-corrected chi connectivity index (χ2v) is 3.12. The highest BCUT2D eigenvalue weighted by Crippen LogP contribution is 2.13. The minimum Gasteiger partial charge on any atom is -0.489 e. The predicted octanol–water partition coefficient (Wildman–Crippen LogP) is 3.20. The zero-order valence-corrected chi connectivity index (χ0v) is 8.11. The Morgan fingerprint density at radius 1 is 1.13 bits per heavy atom. The van der Waals surface area contributed by atoms with Gasteiger partial charge < -0.3 is 4.74 Å². The van der Waals surface area contributed by atoms with E-state index in [4.69, 9.17) is 4.74 Å². The van der Waals surface area contributed by atoms with Gasteiger partial charge >= 0.3 is 0 Å². The van der Waals surface area contributed by atoms with Crippen molar-refractivity contribution in [3.63, 3.8) is 0 Å². The summed E-state index contributed by atoms with van der Waals surface area (Å²) in [5.74, 6) is 0.457. The number of rotatable bonds is 3. The summed E-state index contributed by atoms with van der Waals surface area (Å²) in [6, 6.07) is 16.6. The van der Waals surface area contributed by atoms with Crippen molar-refractivity contribution in [1.29, 1.82) is 0 Å². The standard InChI is InChI=1S/C13H10FO/c14-13-9-5-4-6-11(13)10-15-12-7-2-1-3-8-12/h1-2,4-9H,10H2. The minimum absolute atomic E-state index is 0.239. The van der Waals surface area contributed by atoms with E-state index in [1.165, 1.54) is 6.07 Å². The first-order valence-electron chi connectivity index (χ1n) is 4.68. The van der Waals surface area contributed by atoms with Gasteiger partial charge in [0.05, 0.1) is 0 Å². The summed E-state index contributed by atoms with van der Waals surface area (Å²) < 4.78 is 18.6. The van der Waals surface area contributed by atoms with E-state index in [1.807, 2.05) is 12.1 Å². The Kier molecular flexibility index (Phi) is 2.98. The molecular weight excluding hydrogens is 191 g/mol. The molecule has 15 heavy (non-hydrogen) atoms. The Balaban J connectivity index is 2.03. The van der Waals surface area contributed by atoms with Crippen LogP contribution in [-0.2, 0) is 6.61 Å². The van der Waals surface area contributed by atoms with Crippen LogP contribution in [0.25, 0.3) is 0 Å². The third-order valence-corrected chi connectivity index (χ3v) is 2.03. The maximum absolute atomic E-state index is 13.2. The molecule has 0 aromatic heterocycles. The van der Waals surface area contributed by atoms with E-state index >= 15 is 0 Å². The molecule has 0 aliphatic carbocycles. The first-order chi connectivity index (χ1) is 7.36. The highest BCUT2D eigenvalue weighted by atomic mass is 19.1. The third-order valence-electron chi connectivity index (χ3n) is 2.03. The van der Waals surface area contributed by atoms with Gasteiger partial charge in [-0.3, -0.25) is 0 Å². The monoisotopic (exact) mass is 201 g/mol. The SMILES string of the molecule is Fc1ccccc1COc1c[c]ccc1. The molecule has 0 aliphatic heterocycles. The van der Waals surface area contributed by atoms with Crippen LogP contribution in [0.3, 0.4) is 0 Å². The highest BCUT2D eigenvalue weighted by Gasteiger charge is 2.00. The van der Waals surface area contributed by atoms with E-state index in [0.717, 1.165) is 0 Å². The minimum atomic E-state index is -0.239. The molecule has 0 atom stereocenters. The molecule has 0 saturated heterocycles. The van der Waals surface area contributed by atoms with Gasteiger partial charge in [-0.25, -0.2) is 4.39 Å². The molecule has 0 N–H and O–H groups in total. The molecule has 0 fully saturated rings. The average Bonchev–Trinajstić information content (AvgIpc) is 2.29. The molecule has 0 saturated carbocycles. The van der Waals surface area contributed by atoms with Crippen LogP contribution in [0, 0.1) is 11.9 Å². The lowest BCUT2D eigenvalue weighted by Crippen LogP contribution is -1.97. The van der Waals surface area contributed by atoms with Crippen molar-refractivity contribution in [3.8, 4) is 5.75 Å². The summed E-state index contributed by atoms with van der Waals surface area (Å²) in [4.78, 5) is 0. The van der Waals surface area contributed by atoms with Crippen LogP contribution in [0.2, 0.25) is 0 Å². The molecular formula is C13H10FO. The van der Waals surface area contributed by atoms with E-state index < -0.39 is 0 Å². The average molecular weight is 201 g/mol. The molecule has 2 aromatic carbocycles. The van der Waals surface area contributed by atoms with Crippen LogP contribution < -0.4 is 4.74 Å². The molecule has 0 bridgehead atoms. The first kappa shape index (κ1) is 9.71. The molecule has 0 unspecified atom stereocenters. The van der Waals surface area contributed by atoms with E-state index in [1.54, 1.807) is 30.3 Å². The quantitative estimate of drug-likeness (QED) is 0.741. The molecule has 0 heterocycles. The van der Waals surface area contributed by atoms with E-state index in [-0.39, 0.29) is 12.4 Å². The van der Waals surface area contributed by atoms with Crippen molar-refractivity contribution >= 4 is 0 Å². The number of hydrogen-bond donors (Lipinski definition) is 0. The van der Waals surface area contributed by atoms with Crippen molar-refractivity contribution in [2.45, 2.75) is 6.61 Å². The molecule has 1 nitrogen and oxygen atoms in total. The molecule has 75 valence electrons. The second kappa shape index (κ2) is 4.60. The van der Waals surface area contributed by atoms with Crippen molar-refractivity contribution in [3.05, 3.63) is 66.0 Å². The normalized spacial score (nSPS) is 9.93. The summed E-state index contributed by atoms with van der Waals surface area (Å²) in [6.07, 6.45) is 0. The van der Waals surface area contributed by atoms with Gasteiger partial charge in [0, 0.05) is 5.56 Å². The molecule has 2 heteroatoms. The Morgan fingerprint density at radius 2 is 2.00 bits per heavy atom. The largest absolute Gasteiger partial charge is 0.489 e. The smallest absolute Gasteiger partial charge is 0.129 e. The zero-order chi connectivity index (χ0) is 10.5. The Morgan fingerprint density at radius 3 is 2.73 bits per heavy atom. The Bertz CT molecular complexity index is 426. The van der Waals surface area contributed by atoms with Crippen LogP contribution in [0.5, 0.6) is 5.75 Å². The van der Waals surface area contributed by atoms with Crippen molar-refractivity contribution in [2.75, 3.05) is 0 Å². The first-order valence-corrected chi connectivity index (χ1v) is 4.68. The fraction of sp³-hybridized carbons (Fsp3) is 0.0769. The third kappa shape index (κ3) is 2.56. The molecule has 0 spiro atoms. The Hall–Kier alpha value is -1.83. The zero-order valence-electron chi connectivity index (χ0n) is 8.11. The van der Waals surface area contributed by atoms with Crippen LogP contribution in [0.4, 0.5) is 4.39 Å². The summed E-state index contributed by atoms with van der Waals surface area (Å²) in [7, 11) is 0. The molecule has 2 aromatic rings. The van der Waals surface area contributed by atoms with Crippen molar-refractivity contribution in [1.82, 2.24) is 0 Å². The van der Waals surface area contributed by atoms with Crippen molar-refractivity contribution < 1.29 is 9.13 Å². The second-order valence-electron chi connectivity index (χ2n) is 3.12. The molecule has 0 aliphatic rings. The summed E-state index contributed by atoms with van der Waals surface area (Å²) in [5.41, 5.74) is 0.557.